The monoisotopic (exact) mass is 579 g/mol. The fourth-order valence-corrected chi connectivity index (χ4v) is 5.05. The van der Waals surface area contributed by atoms with Gasteiger partial charge in [-0.1, -0.05) is 85.6 Å². The number of carbonyl (C=O) groups is 2. The van der Waals surface area contributed by atoms with Crippen molar-refractivity contribution in [1.82, 2.24) is 0 Å². The van der Waals surface area contributed by atoms with Gasteiger partial charge in [0.05, 0.1) is 5.57 Å². The van der Waals surface area contributed by atoms with Crippen molar-refractivity contribution in [1.29, 1.82) is 5.41 Å². The van der Waals surface area contributed by atoms with Crippen molar-refractivity contribution in [3.8, 4) is 11.1 Å². The van der Waals surface area contributed by atoms with Gasteiger partial charge < -0.3 is 15.3 Å². The molecule has 0 spiro atoms. The second-order valence-corrected chi connectivity index (χ2v) is 10.3. The van der Waals surface area contributed by atoms with Crippen molar-refractivity contribution < 1.29 is 19.1 Å². The first kappa shape index (κ1) is 31.7. The van der Waals surface area contributed by atoms with Gasteiger partial charge in [0, 0.05) is 17.7 Å². The molecule has 0 radical (unpaired) electrons. The molecule has 0 bridgehead atoms. The summed E-state index contributed by atoms with van der Waals surface area (Å²) in [7, 11) is 0. The molecule has 9 nitrogen and oxygen atoms in total. The van der Waals surface area contributed by atoms with Gasteiger partial charge in [0.25, 0.3) is 0 Å². The zero-order valence-corrected chi connectivity index (χ0v) is 24.5. The zero-order valence-electron chi connectivity index (χ0n) is 23.7. The van der Waals surface area contributed by atoms with Crippen LogP contribution in [0.4, 0.5) is 0 Å². The lowest BCUT2D eigenvalue weighted by Gasteiger charge is -2.22. The number of amidine groups is 1. The first-order chi connectivity index (χ1) is 19.9. The van der Waals surface area contributed by atoms with Crippen LogP contribution in [-0.2, 0) is 25.5 Å². The van der Waals surface area contributed by atoms with E-state index in [2.05, 4.69) is 34.4 Å². The highest BCUT2D eigenvalue weighted by atomic mass is 35.5. The molecule has 2 aromatic rings. The summed E-state index contributed by atoms with van der Waals surface area (Å²) in [4.78, 5) is 29.1. The lowest BCUT2D eigenvalue weighted by molar-refractivity contribution is -0.164. The van der Waals surface area contributed by atoms with Crippen LogP contribution >= 0.6 is 11.6 Å². The standard InChI is InChI=1S/C31H38ClN5O4/c1-3-5-9-24-19-22(14-17-27(29(32)35-24)31(39)41-20-40-28(38)8-4-2)18-21-12-15-23(16-13-21)25-10-6-7-11-26(25)30(33)36-37-34/h6-7,10-13,15-16,22H,3-5,8-9,14,17-20H2,1-2H3,(H3,33,34,36)/b29-27+,35-24-. The van der Waals surface area contributed by atoms with Crippen LogP contribution in [0.5, 0.6) is 0 Å². The van der Waals surface area contributed by atoms with E-state index >= 15 is 0 Å². The molecule has 1 aliphatic heterocycles. The molecule has 1 heterocycles. The Labute approximate surface area is 246 Å². The molecule has 3 rings (SSSR count). The Morgan fingerprint density at radius 2 is 1.85 bits per heavy atom. The van der Waals surface area contributed by atoms with Gasteiger partial charge in [-0.05, 0) is 67.6 Å². The number of aliphatic imine (C=N–C) groups is 1. The largest absolute Gasteiger partial charge is 0.428 e. The summed E-state index contributed by atoms with van der Waals surface area (Å²) in [6.07, 6.45) is 6.48. The first-order valence-corrected chi connectivity index (χ1v) is 14.4. The molecule has 0 saturated carbocycles. The number of carbonyl (C=O) groups excluding carboxylic acids is 2. The van der Waals surface area contributed by atoms with E-state index in [1.165, 1.54) is 0 Å². The molecule has 41 heavy (non-hydrogen) atoms. The van der Waals surface area contributed by atoms with Crippen LogP contribution in [-0.4, -0.2) is 30.3 Å². The molecule has 10 heteroatoms. The van der Waals surface area contributed by atoms with Crippen LogP contribution in [0.3, 0.4) is 0 Å². The molecule has 2 aromatic carbocycles. The average molecular weight is 580 g/mol. The third-order valence-corrected chi connectivity index (χ3v) is 7.20. The molecule has 1 unspecified atom stereocenters. The number of halogens is 1. The highest BCUT2D eigenvalue weighted by Gasteiger charge is 2.24. The van der Waals surface area contributed by atoms with E-state index in [0.717, 1.165) is 60.9 Å². The normalized spacial score (nSPS) is 18.7. The second kappa shape index (κ2) is 16.4. The van der Waals surface area contributed by atoms with Crippen LogP contribution < -0.4 is 5.84 Å². The molecule has 3 N–H and O–H groups in total. The van der Waals surface area contributed by atoms with Gasteiger partial charge in [0.1, 0.15) is 5.16 Å². The Morgan fingerprint density at radius 1 is 1.10 bits per heavy atom. The molecule has 0 aromatic heterocycles. The molecule has 1 atom stereocenters. The maximum absolute atomic E-state index is 12.8. The second-order valence-electron chi connectivity index (χ2n) is 9.99. The highest BCUT2D eigenvalue weighted by molar-refractivity contribution is 6.32. The van der Waals surface area contributed by atoms with Gasteiger partial charge in [-0.25, -0.2) is 9.79 Å². The predicted molar refractivity (Wildman–Crippen MR) is 161 cm³/mol. The molecular formula is C31H38ClN5O4. The summed E-state index contributed by atoms with van der Waals surface area (Å²) in [5, 5.41) is 15.2. The van der Waals surface area contributed by atoms with E-state index in [4.69, 9.17) is 32.3 Å². The van der Waals surface area contributed by atoms with Gasteiger partial charge in [0.2, 0.25) is 6.79 Å². The van der Waals surface area contributed by atoms with Crippen LogP contribution in [0, 0.1) is 11.3 Å². The maximum atomic E-state index is 12.8. The Bertz CT molecular complexity index is 1300. The van der Waals surface area contributed by atoms with Crippen molar-refractivity contribution >= 4 is 35.1 Å². The third kappa shape index (κ3) is 9.63. The third-order valence-electron chi connectivity index (χ3n) is 6.89. The van der Waals surface area contributed by atoms with Crippen LogP contribution in [0.1, 0.15) is 76.3 Å². The molecule has 0 aliphatic carbocycles. The van der Waals surface area contributed by atoms with Gasteiger partial charge in [-0.2, -0.15) is 0 Å². The summed E-state index contributed by atoms with van der Waals surface area (Å²) in [6, 6.07) is 15.8. The number of hydrogen-bond donors (Lipinski definition) is 2. The van der Waals surface area contributed by atoms with Crippen molar-refractivity contribution in [2.75, 3.05) is 6.79 Å². The first-order valence-electron chi connectivity index (χ1n) is 14.0. The molecule has 0 saturated heterocycles. The summed E-state index contributed by atoms with van der Waals surface area (Å²) in [6.45, 7) is 3.56. The maximum Gasteiger partial charge on any atom is 0.340 e. The van der Waals surface area contributed by atoms with Crippen molar-refractivity contribution in [3.05, 3.63) is 70.4 Å². The van der Waals surface area contributed by atoms with E-state index < -0.39 is 18.7 Å². The Hall–Kier alpha value is -3.85. The molecular weight excluding hydrogens is 542 g/mol. The molecule has 0 fully saturated rings. The Kier molecular flexibility index (Phi) is 12.7. The number of nitrogens with one attached hydrogen (secondary N) is 1. The van der Waals surface area contributed by atoms with Crippen molar-refractivity contribution in [2.24, 2.45) is 27.1 Å². The van der Waals surface area contributed by atoms with Crippen LogP contribution in [0.25, 0.3) is 11.1 Å². The minimum absolute atomic E-state index is 0.000704. The summed E-state index contributed by atoms with van der Waals surface area (Å²) in [5.41, 5.74) is 4.92. The number of ether oxygens (including phenoxy) is 2. The van der Waals surface area contributed by atoms with Crippen molar-refractivity contribution in [2.45, 2.75) is 71.6 Å². The summed E-state index contributed by atoms with van der Waals surface area (Å²) >= 11 is 6.51. The lowest BCUT2D eigenvalue weighted by atomic mass is 9.86. The highest BCUT2D eigenvalue weighted by Crippen LogP contribution is 2.31. The van der Waals surface area contributed by atoms with E-state index in [9.17, 15) is 9.59 Å². The Balaban J connectivity index is 1.74. The molecule has 1 aliphatic rings. The summed E-state index contributed by atoms with van der Waals surface area (Å²) < 4.78 is 10.2. The van der Waals surface area contributed by atoms with Crippen LogP contribution in [0.2, 0.25) is 0 Å². The fourth-order valence-electron chi connectivity index (χ4n) is 4.76. The number of benzene rings is 2. The molecule has 0 amide bonds. The van der Waals surface area contributed by atoms with E-state index in [-0.39, 0.29) is 23.3 Å². The number of rotatable bonds is 12. The lowest BCUT2D eigenvalue weighted by Crippen LogP contribution is -2.19. The summed E-state index contributed by atoms with van der Waals surface area (Å²) in [5.74, 6) is 4.38. The van der Waals surface area contributed by atoms with Gasteiger partial charge in [0.15, 0.2) is 5.84 Å². The number of nitrogens with zero attached hydrogens (tertiary/aromatic N) is 3. The average Bonchev–Trinajstić information content (AvgIpc) is 2.95. The SMILES string of the molecule is CCCC/C1=N/C(Cl)=C(/C(=O)OCOC(=O)CCC)CCC(Cc2ccc(-c3ccccc3C(=N)N=NN)cc2)C1. The minimum atomic E-state index is -0.610. The number of hydrogen-bond acceptors (Lipinski definition) is 7. The van der Waals surface area contributed by atoms with Gasteiger partial charge in [-0.15, -0.1) is 5.11 Å². The van der Waals surface area contributed by atoms with E-state index in [0.29, 0.717) is 24.0 Å². The topological polar surface area (TPSA) is 140 Å². The fraction of sp³-hybridized carbons (Fsp3) is 0.419. The number of esters is 2. The minimum Gasteiger partial charge on any atom is -0.428 e. The molecule has 218 valence electrons. The quantitative estimate of drug-likeness (QED) is 0.0397. The Morgan fingerprint density at radius 3 is 2.56 bits per heavy atom. The van der Waals surface area contributed by atoms with Crippen LogP contribution in [0.15, 0.2) is 74.6 Å². The number of unbranched alkanes of at least 4 members (excludes halogenated alkanes) is 1. The smallest absolute Gasteiger partial charge is 0.340 e. The number of nitrogens with two attached hydrogens (primary N) is 1. The van der Waals surface area contributed by atoms with Crippen molar-refractivity contribution in [3.63, 3.8) is 0 Å². The van der Waals surface area contributed by atoms with E-state index in [1.54, 1.807) is 0 Å². The zero-order chi connectivity index (χ0) is 29.6. The van der Waals surface area contributed by atoms with E-state index in [1.807, 2.05) is 43.3 Å². The van der Waals surface area contributed by atoms with Gasteiger partial charge >= 0.3 is 11.9 Å². The van der Waals surface area contributed by atoms with Gasteiger partial charge in [-0.3, -0.25) is 10.2 Å². The predicted octanol–water partition coefficient (Wildman–Crippen LogP) is 7.27.